The van der Waals surface area contributed by atoms with Crippen LogP contribution < -0.4 is 0 Å². The monoisotopic (exact) mass is 386 g/mol. The van der Waals surface area contributed by atoms with Crippen molar-refractivity contribution in [1.29, 1.82) is 0 Å². The van der Waals surface area contributed by atoms with Crippen LogP contribution in [-0.4, -0.2) is 40.5 Å². The molecule has 0 radical (unpaired) electrons. The lowest BCUT2D eigenvalue weighted by Crippen LogP contribution is -2.22. The highest BCUT2D eigenvalue weighted by Gasteiger charge is 2.21. The number of allylic oxidation sites excluding steroid dienone is 7. The molecule has 0 amide bonds. The minimum absolute atomic E-state index is 0.246. The van der Waals surface area contributed by atoms with E-state index in [-0.39, 0.29) is 12.1 Å². The van der Waals surface area contributed by atoms with E-state index < -0.39 is 15.7 Å². The van der Waals surface area contributed by atoms with E-state index >= 15 is 0 Å². The van der Waals surface area contributed by atoms with Crippen LogP contribution in [0.5, 0.6) is 0 Å². The molecule has 7 heteroatoms. The Kier molecular flexibility index (Phi) is 11.6. The molecule has 0 heterocycles. The fourth-order valence-corrected chi connectivity index (χ4v) is 4.46. The van der Waals surface area contributed by atoms with Crippen LogP contribution in [0, 0.1) is 0 Å². The third-order valence-corrected chi connectivity index (χ3v) is 7.11. The van der Waals surface area contributed by atoms with E-state index in [0.29, 0.717) is 13.2 Å². The van der Waals surface area contributed by atoms with Crippen LogP contribution in [0.25, 0.3) is 0 Å². The van der Waals surface area contributed by atoms with Gasteiger partial charge in [0, 0.05) is 6.08 Å². The molecule has 0 rings (SSSR count). The molecular formula is C18H31O5PSi. The molecule has 0 atom stereocenters. The highest BCUT2D eigenvalue weighted by atomic mass is 31.2. The van der Waals surface area contributed by atoms with E-state index in [1.54, 1.807) is 19.9 Å². The molecule has 0 aromatic carbocycles. The van der Waals surface area contributed by atoms with Crippen molar-refractivity contribution in [2.24, 2.45) is 0 Å². The Labute approximate surface area is 153 Å². The lowest BCUT2D eigenvalue weighted by molar-refractivity contribution is -0.134. The lowest BCUT2D eigenvalue weighted by atomic mass is 10.4. The number of hydrogen-bond acceptors (Lipinski definition) is 5. The van der Waals surface area contributed by atoms with E-state index in [9.17, 15) is 9.36 Å². The van der Waals surface area contributed by atoms with Gasteiger partial charge >= 0.3 is 13.6 Å². The summed E-state index contributed by atoms with van der Waals surface area (Å²) in [4.78, 5) is 11.1. The molecule has 0 aliphatic heterocycles. The van der Waals surface area contributed by atoms with E-state index in [0.717, 1.165) is 0 Å². The number of rotatable bonds is 11. The van der Waals surface area contributed by atoms with Gasteiger partial charge in [-0.25, -0.2) is 4.79 Å². The molecule has 0 aromatic heterocycles. The Bertz CT molecular complexity index is 561. The Morgan fingerprint density at radius 1 is 1.00 bits per heavy atom. The molecule has 0 aromatic rings. The van der Waals surface area contributed by atoms with E-state index in [1.807, 2.05) is 30.4 Å². The molecule has 5 nitrogen and oxygen atoms in total. The van der Waals surface area contributed by atoms with Crippen molar-refractivity contribution in [3.05, 3.63) is 47.7 Å². The van der Waals surface area contributed by atoms with Crippen molar-refractivity contribution >= 4 is 21.6 Å². The van der Waals surface area contributed by atoms with Crippen LogP contribution in [0.15, 0.2) is 47.7 Å². The number of carbonyl (C=O) groups excluding carboxylic acids is 1. The largest absolute Gasteiger partial charge is 0.466 e. The number of hydrogen-bond donors (Lipinski definition) is 0. The van der Waals surface area contributed by atoms with Gasteiger partial charge in [0.1, 0.15) is 0 Å². The summed E-state index contributed by atoms with van der Waals surface area (Å²) >= 11 is 0. The molecule has 0 saturated heterocycles. The SMILES string of the molecule is CCOP(=O)(C/C=C/C=C(\C=C\C=C\C(=O)OC)[Si](C)(C)C)OCC. The number of ether oxygens (including phenoxy) is 1. The van der Waals surface area contributed by atoms with Crippen molar-refractivity contribution < 1.29 is 23.1 Å². The Morgan fingerprint density at radius 2 is 1.56 bits per heavy atom. The zero-order valence-electron chi connectivity index (χ0n) is 16.2. The quantitative estimate of drug-likeness (QED) is 0.166. The summed E-state index contributed by atoms with van der Waals surface area (Å²) in [5, 5.41) is 1.20. The number of methoxy groups -OCH3 is 1. The summed E-state index contributed by atoms with van der Waals surface area (Å²) in [6.07, 6.45) is 12.8. The van der Waals surface area contributed by atoms with Crippen LogP contribution >= 0.6 is 7.60 Å². The van der Waals surface area contributed by atoms with E-state index in [1.165, 1.54) is 18.4 Å². The summed E-state index contributed by atoms with van der Waals surface area (Å²) in [5.74, 6) is -0.384. The molecule has 0 unspecified atom stereocenters. The summed E-state index contributed by atoms with van der Waals surface area (Å²) < 4.78 is 27.5. The van der Waals surface area contributed by atoms with Gasteiger partial charge in [0.25, 0.3) is 0 Å². The Hall–Kier alpha value is -1.20. The second kappa shape index (κ2) is 12.2. The van der Waals surface area contributed by atoms with Gasteiger partial charge in [-0.2, -0.15) is 0 Å². The summed E-state index contributed by atoms with van der Waals surface area (Å²) in [5.41, 5.74) is 0. The van der Waals surface area contributed by atoms with Crippen LogP contribution in [0.1, 0.15) is 13.8 Å². The molecule has 0 aliphatic rings. The topological polar surface area (TPSA) is 61.8 Å². The average molecular weight is 387 g/mol. The molecular weight excluding hydrogens is 355 g/mol. The molecule has 0 fully saturated rings. The van der Waals surface area contributed by atoms with E-state index in [4.69, 9.17) is 9.05 Å². The van der Waals surface area contributed by atoms with Crippen LogP contribution in [0.2, 0.25) is 19.6 Å². The van der Waals surface area contributed by atoms with Crippen molar-refractivity contribution in [2.75, 3.05) is 26.5 Å². The Morgan fingerprint density at radius 3 is 2.04 bits per heavy atom. The second-order valence-corrected chi connectivity index (χ2v) is 13.4. The first-order chi connectivity index (χ1) is 11.7. The highest BCUT2D eigenvalue weighted by molar-refractivity contribution is 7.54. The van der Waals surface area contributed by atoms with Gasteiger partial charge in [-0.05, 0) is 13.8 Å². The van der Waals surface area contributed by atoms with Gasteiger partial charge in [0.2, 0.25) is 0 Å². The smallest absolute Gasteiger partial charge is 0.334 e. The number of carbonyl (C=O) groups is 1. The van der Waals surface area contributed by atoms with Crippen LogP contribution in [0.4, 0.5) is 0 Å². The van der Waals surface area contributed by atoms with Gasteiger partial charge in [-0.1, -0.05) is 61.3 Å². The van der Waals surface area contributed by atoms with Gasteiger partial charge in [0.15, 0.2) is 0 Å². The first-order valence-electron chi connectivity index (χ1n) is 8.36. The van der Waals surface area contributed by atoms with Gasteiger partial charge in [0.05, 0.1) is 34.6 Å². The van der Waals surface area contributed by atoms with Crippen LogP contribution in [-0.2, 0) is 23.1 Å². The molecule has 0 saturated carbocycles. The normalized spacial score (nSPS) is 14.1. The van der Waals surface area contributed by atoms with Gasteiger partial charge in [-0.3, -0.25) is 4.57 Å². The molecule has 0 spiro atoms. The van der Waals surface area contributed by atoms with Crippen molar-refractivity contribution in [3.8, 4) is 0 Å². The fraction of sp³-hybridized carbons (Fsp3) is 0.500. The van der Waals surface area contributed by atoms with Crippen LogP contribution in [0.3, 0.4) is 0 Å². The molecule has 142 valence electrons. The maximum atomic E-state index is 12.4. The second-order valence-electron chi connectivity index (χ2n) is 6.17. The third kappa shape index (κ3) is 11.1. The lowest BCUT2D eigenvalue weighted by Gasteiger charge is -2.17. The predicted molar refractivity (Wildman–Crippen MR) is 107 cm³/mol. The minimum atomic E-state index is -3.05. The number of esters is 1. The van der Waals surface area contributed by atoms with Gasteiger partial charge in [-0.15, -0.1) is 0 Å². The maximum absolute atomic E-state index is 12.4. The summed E-state index contributed by atoms with van der Waals surface area (Å²) in [6, 6.07) is 0. The highest BCUT2D eigenvalue weighted by Crippen LogP contribution is 2.47. The van der Waals surface area contributed by atoms with Crippen molar-refractivity contribution in [2.45, 2.75) is 33.5 Å². The van der Waals surface area contributed by atoms with Gasteiger partial charge < -0.3 is 13.8 Å². The summed E-state index contributed by atoms with van der Waals surface area (Å²) in [7, 11) is -3.26. The predicted octanol–water partition coefficient (Wildman–Crippen LogP) is 4.90. The summed E-state index contributed by atoms with van der Waals surface area (Å²) in [6.45, 7) is 11.0. The molecule has 0 aliphatic carbocycles. The maximum Gasteiger partial charge on any atom is 0.334 e. The van der Waals surface area contributed by atoms with Crippen molar-refractivity contribution in [1.82, 2.24) is 0 Å². The molecule has 25 heavy (non-hydrogen) atoms. The Balaban J connectivity index is 5.06. The zero-order valence-corrected chi connectivity index (χ0v) is 18.0. The first-order valence-corrected chi connectivity index (χ1v) is 13.6. The zero-order chi connectivity index (χ0) is 19.3. The fourth-order valence-electron chi connectivity index (χ4n) is 1.81. The first kappa shape index (κ1) is 23.8. The standard InChI is InChI=1S/C18H31O5PSi/c1-7-22-24(20,23-8-2)16-12-11-14-17(25(4,5)6)13-9-10-15-18(19)21-3/h9-15H,7-8,16H2,1-6H3/b12-11+,13-9+,15-10+,17-14+. The molecule has 0 N–H and O–H groups in total. The minimum Gasteiger partial charge on any atom is -0.466 e. The average Bonchev–Trinajstić information content (AvgIpc) is 2.52. The third-order valence-electron chi connectivity index (χ3n) is 3.08. The van der Waals surface area contributed by atoms with Crippen molar-refractivity contribution in [3.63, 3.8) is 0 Å². The van der Waals surface area contributed by atoms with E-state index in [2.05, 4.69) is 24.4 Å². The molecule has 0 bridgehead atoms.